The van der Waals surface area contributed by atoms with Crippen LogP contribution in [0.4, 0.5) is 5.69 Å². The van der Waals surface area contributed by atoms with Crippen molar-refractivity contribution in [1.82, 2.24) is 14.5 Å². The molecule has 2 aromatic rings. The number of hydrogen-bond acceptors (Lipinski definition) is 5. The number of carbonyl (C=O) groups is 1. The topological polar surface area (TPSA) is 73.0 Å². The molecule has 2 aromatic carbocycles. The number of carbonyl (C=O) groups excluding carboxylic acids is 1. The van der Waals surface area contributed by atoms with Gasteiger partial charge in [-0.1, -0.05) is 30.7 Å². The highest BCUT2D eigenvalue weighted by molar-refractivity contribution is 7.89. The molecule has 0 aliphatic carbocycles. The van der Waals surface area contributed by atoms with Crippen LogP contribution in [0.25, 0.3) is 0 Å². The van der Waals surface area contributed by atoms with E-state index in [2.05, 4.69) is 39.4 Å². The minimum absolute atomic E-state index is 0.135. The summed E-state index contributed by atoms with van der Waals surface area (Å²) in [6, 6.07) is 13.3. The van der Waals surface area contributed by atoms with Crippen molar-refractivity contribution < 1.29 is 13.2 Å². The summed E-state index contributed by atoms with van der Waals surface area (Å²) in [5.74, 6) is -0.251. The number of likely N-dealkylation sites (tertiary alicyclic amines) is 1. The van der Waals surface area contributed by atoms with Crippen LogP contribution >= 0.6 is 0 Å². The van der Waals surface area contributed by atoms with Crippen molar-refractivity contribution in [2.45, 2.75) is 56.5 Å². The van der Waals surface area contributed by atoms with Gasteiger partial charge in [0.1, 0.15) is 0 Å². The summed E-state index contributed by atoms with van der Waals surface area (Å²) in [5.41, 5.74) is 3.53. The van der Waals surface area contributed by atoms with Gasteiger partial charge in [0.25, 0.3) is 5.91 Å². The van der Waals surface area contributed by atoms with Gasteiger partial charge in [0.15, 0.2) is 0 Å². The summed E-state index contributed by atoms with van der Waals surface area (Å²) in [5, 5.41) is 3.02. The number of nitrogens with zero attached hydrogens (tertiary/aromatic N) is 3. The van der Waals surface area contributed by atoms with Gasteiger partial charge >= 0.3 is 0 Å². The van der Waals surface area contributed by atoms with Crippen molar-refractivity contribution in [3.8, 4) is 0 Å². The standard InChI is InChI=1S/C27H38N4O3S/c1-29(2)35(33,34)24-13-14-26(31-17-7-4-8-18-31)25(19-24)27(32)28-20-22-9-11-23(12-10-22)21-30-15-5-3-6-16-30/h9-14,19H,3-8,15-18,20-21H2,1-2H3,(H,28,32). The van der Waals surface area contributed by atoms with E-state index in [0.717, 1.165) is 43.7 Å². The molecule has 0 radical (unpaired) electrons. The highest BCUT2D eigenvalue weighted by Gasteiger charge is 2.24. The van der Waals surface area contributed by atoms with Crippen molar-refractivity contribution >= 4 is 21.6 Å². The van der Waals surface area contributed by atoms with E-state index in [0.29, 0.717) is 12.1 Å². The van der Waals surface area contributed by atoms with E-state index >= 15 is 0 Å². The van der Waals surface area contributed by atoms with E-state index in [-0.39, 0.29) is 10.8 Å². The molecule has 2 saturated heterocycles. The molecule has 0 spiro atoms. The molecule has 190 valence electrons. The van der Waals surface area contributed by atoms with Crippen LogP contribution in [0.3, 0.4) is 0 Å². The molecule has 7 nitrogen and oxygen atoms in total. The monoisotopic (exact) mass is 498 g/mol. The van der Waals surface area contributed by atoms with Crippen LogP contribution in [0.1, 0.15) is 60.0 Å². The molecule has 4 rings (SSSR count). The van der Waals surface area contributed by atoms with E-state index in [4.69, 9.17) is 0 Å². The number of sulfonamides is 1. The number of nitrogens with one attached hydrogen (secondary N) is 1. The van der Waals surface area contributed by atoms with Crippen molar-refractivity contribution in [3.05, 3.63) is 59.2 Å². The van der Waals surface area contributed by atoms with E-state index in [9.17, 15) is 13.2 Å². The molecule has 0 saturated carbocycles. The Hall–Kier alpha value is -2.42. The van der Waals surface area contributed by atoms with Crippen LogP contribution < -0.4 is 10.2 Å². The van der Waals surface area contributed by atoms with Gasteiger partial charge in [-0.05, 0) is 74.5 Å². The van der Waals surface area contributed by atoms with E-state index < -0.39 is 10.0 Å². The Labute approximate surface area is 210 Å². The zero-order chi connectivity index (χ0) is 24.8. The predicted octanol–water partition coefficient (Wildman–Crippen LogP) is 3.84. The average Bonchev–Trinajstić information content (AvgIpc) is 2.88. The van der Waals surface area contributed by atoms with Gasteiger partial charge in [-0.3, -0.25) is 9.69 Å². The normalized spacial score (nSPS) is 17.5. The van der Waals surface area contributed by atoms with Crippen LogP contribution in [0.5, 0.6) is 0 Å². The number of hydrogen-bond donors (Lipinski definition) is 1. The van der Waals surface area contributed by atoms with E-state index in [1.54, 1.807) is 12.1 Å². The molecule has 2 aliphatic rings. The minimum atomic E-state index is -3.63. The Kier molecular flexibility index (Phi) is 8.46. The van der Waals surface area contributed by atoms with Crippen LogP contribution in [-0.4, -0.2) is 63.8 Å². The van der Waals surface area contributed by atoms with Crippen LogP contribution in [0.15, 0.2) is 47.4 Å². The molecule has 1 amide bonds. The summed E-state index contributed by atoms with van der Waals surface area (Å²) in [4.78, 5) is 18.1. The maximum Gasteiger partial charge on any atom is 0.253 e. The molecule has 8 heteroatoms. The Bertz CT molecular complexity index is 1100. The molecule has 0 unspecified atom stereocenters. The molecule has 0 atom stereocenters. The van der Waals surface area contributed by atoms with E-state index in [1.165, 1.54) is 68.8 Å². The van der Waals surface area contributed by atoms with E-state index in [1.807, 2.05) is 0 Å². The number of anilines is 1. The van der Waals surface area contributed by atoms with Crippen LogP contribution in [-0.2, 0) is 23.1 Å². The highest BCUT2D eigenvalue weighted by atomic mass is 32.2. The summed E-state index contributed by atoms with van der Waals surface area (Å²) >= 11 is 0. The first kappa shape index (κ1) is 25.7. The van der Waals surface area contributed by atoms with Crippen molar-refractivity contribution in [1.29, 1.82) is 0 Å². The fourth-order valence-electron chi connectivity index (χ4n) is 4.89. The van der Waals surface area contributed by atoms with Crippen LogP contribution in [0, 0.1) is 0 Å². The summed E-state index contributed by atoms with van der Waals surface area (Å²) < 4.78 is 26.6. The lowest BCUT2D eigenvalue weighted by Gasteiger charge is -2.30. The minimum Gasteiger partial charge on any atom is -0.371 e. The smallest absolute Gasteiger partial charge is 0.253 e. The van der Waals surface area contributed by atoms with Crippen LogP contribution in [0.2, 0.25) is 0 Å². The first-order chi connectivity index (χ1) is 16.8. The zero-order valence-electron chi connectivity index (χ0n) is 21.0. The SMILES string of the molecule is CN(C)S(=O)(=O)c1ccc(N2CCCCC2)c(C(=O)NCc2ccc(CN3CCCCC3)cc2)c1. The Morgan fingerprint density at radius 1 is 0.857 bits per heavy atom. The number of piperidine rings is 2. The third-order valence-corrected chi connectivity index (χ3v) is 8.83. The molecular formula is C27H38N4O3S. The molecule has 0 aromatic heterocycles. The second-order valence-corrected chi connectivity index (χ2v) is 12.0. The third-order valence-electron chi connectivity index (χ3n) is 7.02. The lowest BCUT2D eigenvalue weighted by molar-refractivity contribution is 0.0951. The largest absolute Gasteiger partial charge is 0.371 e. The number of amides is 1. The molecule has 35 heavy (non-hydrogen) atoms. The first-order valence-corrected chi connectivity index (χ1v) is 14.2. The summed E-state index contributed by atoms with van der Waals surface area (Å²) in [6.07, 6.45) is 7.21. The predicted molar refractivity (Wildman–Crippen MR) is 140 cm³/mol. The van der Waals surface area contributed by atoms with Crippen molar-refractivity contribution in [2.24, 2.45) is 0 Å². The van der Waals surface area contributed by atoms with Gasteiger partial charge in [-0.25, -0.2) is 12.7 Å². The fourth-order valence-corrected chi connectivity index (χ4v) is 5.82. The second-order valence-electron chi connectivity index (χ2n) is 9.85. The molecule has 0 bridgehead atoms. The molecule has 2 heterocycles. The average molecular weight is 499 g/mol. The molecule has 2 aliphatic heterocycles. The highest BCUT2D eigenvalue weighted by Crippen LogP contribution is 2.28. The lowest BCUT2D eigenvalue weighted by atomic mass is 10.1. The Morgan fingerprint density at radius 2 is 1.46 bits per heavy atom. The Morgan fingerprint density at radius 3 is 2.09 bits per heavy atom. The molecule has 2 fully saturated rings. The third kappa shape index (κ3) is 6.42. The maximum absolute atomic E-state index is 13.3. The van der Waals surface area contributed by atoms with Gasteiger partial charge < -0.3 is 10.2 Å². The first-order valence-electron chi connectivity index (χ1n) is 12.7. The quantitative estimate of drug-likeness (QED) is 0.599. The lowest BCUT2D eigenvalue weighted by Crippen LogP contribution is -2.33. The second kappa shape index (κ2) is 11.5. The molecular weight excluding hydrogens is 460 g/mol. The van der Waals surface area contributed by atoms with Gasteiger partial charge in [-0.15, -0.1) is 0 Å². The van der Waals surface area contributed by atoms with Crippen molar-refractivity contribution in [2.75, 3.05) is 45.2 Å². The summed E-state index contributed by atoms with van der Waals surface area (Å²) in [6.45, 7) is 5.45. The zero-order valence-corrected chi connectivity index (χ0v) is 21.8. The van der Waals surface area contributed by atoms with Gasteiger partial charge in [0.05, 0.1) is 10.5 Å². The number of benzene rings is 2. The van der Waals surface area contributed by atoms with Gasteiger partial charge in [-0.2, -0.15) is 0 Å². The molecule has 1 N–H and O–H groups in total. The van der Waals surface area contributed by atoms with Gasteiger partial charge in [0.2, 0.25) is 10.0 Å². The summed E-state index contributed by atoms with van der Waals surface area (Å²) in [7, 11) is -0.629. The van der Waals surface area contributed by atoms with Gasteiger partial charge in [0, 0.05) is 46.0 Å². The Balaban J connectivity index is 1.48. The maximum atomic E-state index is 13.3. The van der Waals surface area contributed by atoms with Crippen molar-refractivity contribution in [3.63, 3.8) is 0 Å². The number of rotatable bonds is 8. The fraction of sp³-hybridized carbons (Fsp3) is 0.519.